The van der Waals surface area contributed by atoms with Gasteiger partial charge in [-0.15, -0.1) is 0 Å². The van der Waals surface area contributed by atoms with Crippen LogP contribution in [0.5, 0.6) is 0 Å². The van der Waals surface area contributed by atoms with Crippen LogP contribution in [0.25, 0.3) is 0 Å². The zero-order chi connectivity index (χ0) is 13.0. The third-order valence-corrected chi connectivity index (χ3v) is 4.60. The van der Waals surface area contributed by atoms with Crippen molar-refractivity contribution in [3.8, 4) is 0 Å². The Morgan fingerprint density at radius 2 is 2.33 bits per heavy atom. The molecule has 1 fully saturated rings. The van der Waals surface area contributed by atoms with Gasteiger partial charge in [0.25, 0.3) is 5.91 Å². The number of amides is 1. The van der Waals surface area contributed by atoms with Crippen molar-refractivity contribution >= 4 is 23.4 Å². The number of anilines is 1. The summed E-state index contributed by atoms with van der Waals surface area (Å²) >= 11 is 1.96. The Labute approximate surface area is 113 Å². The lowest BCUT2D eigenvalue weighted by atomic mass is 10.1. The van der Waals surface area contributed by atoms with Gasteiger partial charge in [0.15, 0.2) is 0 Å². The van der Waals surface area contributed by atoms with Gasteiger partial charge in [-0.1, -0.05) is 6.07 Å². The molecule has 98 valence electrons. The van der Waals surface area contributed by atoms with E-state index in [-0.39, 0.29) is 5.91 Å². The van der Waals surface area contributed by atoms with Gasteiger partial charge in [0, 0.05) is 24.5 Å². The summed E-state index contributed by atoms with van der Waals surface area (Å²) in [4.78, 5) is 12.1. The van der Waals surface area contributed by atoms with Crippen LogP contribution in [0.15, 0.2) is 18.2 Å². The van der Waals surface area contributed by atoms with Crippen molar-refractivity contribution in [3.63, 3.8) is 0 Å². The molecule has 0 aliphatic carbocycles. The van der Waals surface area contributed by atoms with Crippen molar-refractivity contribution in [2.45, 2.75) is 25.0 Å². The third-order valence-electron chi connectivity index (χ3n) is 3.20. The van der Waals surface area contributed by atoms with E-state index in [1.54, 1.807) is 0 Å². The monoisotopic (exact) mass is 264 g/mol. The summed E-state index contributed by atoms with van der Waals surface area (Å²) in [6.45, 7) is 2.80. The van der Waals surface area contributed by atoms with Gasteiger partial charge >= 0.3 is 0 Å². The van der Waals surface area contributed by atoms with E-state index in [9.17, 15) is 4.79 Å². The fraction of sp³-hybridized carbons (Fsp3) is 0.500. The van der Waals surface area contributed by atoms with Gasteiger partial charge < -0.3 is 10.6 Å². The molecule has 0 radical (unpaired) electrons. The number of carbonyl (C=O) groups excluding carboxylic acids is 1. The zero-order valence-corrected chi connectivity index (χ0v) is 11.8. The van der Waals surface area contributed by atoms with E-state index < -0.39 is 0 Å². The van der Waals surface area contributed by atoms with Gasteiger partial charge in [-0.05, 0) is 43.2 Å². The molecule has 1 heterocycles. The summed E-state index contributed by atoms with van der Waals surface area (Å²) in [6.07, 6.45) is 2.50. The van der Waals surface area contributed by atoms with Crippen LogP contribution >= 0.6 is 11.8 Å². The number of carbonyl (C=O) groups is 1. The fourth-order valence-corrected chi connectivity index (χ4v) is 3.37. The van der Waals surface area contributed by atoms with Gasteiger partial charge in [-0.2, -0.15) is 11.8 Å². The predicted octanol–water partition coefficient (Wildman–Crippen LogP) is 2.66. The minimum Gasteiger partial charge on any atom is -0.387 e. The van der Waals surface area contributed by atoms with Crippen LogP contribution in [0, 0.1) is 6.92 Å². The highest BCUT2D eigenvalue weighted by atomic mass is 32.2. The third kappa shape index (κ3) is 3.19. The number of aryl methyl sites for hydroxylation is 1. The number of hydrogen-bond acceptors (Lipinski definition) is 3. The first-order valence-corrected chi connectivity index (χ1v) is 7.44. The highest BCUT2D eigenvalue weighted by Gasteiger charge is 2.17. The lowest BCUT2D eigenvalue weighted by Gasteiger charge is -2.13. The number of rotatable bonds is 4. The maximum atomic E-state index is 12.1. The van der Waals surface area contributed by atoms with Crippen LogP contribution in [0.4, 0.5) is 5.69 Å². The number of hydrogen-bond donors (Lipinski definition) is 2. The van der Waals surface area contributed by atoms with E-state index in [2.05, 4.69) is 10.6 Å². The summed E-state index contributed by atoms with van der Waals surface area (Å²) < 4.78 is 0. The molecule has 1 atom stereocenters. The predicted molar refractivity (Wildman–Crippen MR) is 78.5 cm³/mol. The van der Waals surface area contributed by atoms with Crippen molar-refractivity contribution < 1.29 is 4.79 Å². The molecule has 0 bridgehead atoms. The first-order chi connectivity index (χ1) is 8.70. The van der Waals surface area contributed by atoms with E-state index in [4.69, 9.17) is 0 Å². The van der Waals surface area contributed by atoms with Crippen molar-refractivity contribution in [1.29, 1.82) is 0 Å². The summed E-state index contributed by atoms with van der Waals surface area (Å²) in [7, 11) is 1.85. The molecule has 4 heteroatoms. The number of benzene rings is 1. The Morgan fingerprint density at radius 3 is 3.00 bits per heavy atom. The Balaban J connectivity index is 1.99. The molecule has 18 heavy (non-hydrogen) atoms. The second kappa shape index (κ2) is 6.14. The smallest absolute Gasteiger partial charge is 0.253 e. The average molecular weight is 264 g/mol. The fourth-order valence-electron chi connectivity index (χ4n) is 2.17. The summed E-state index contributed by atoms with van der Waals surface area (Å²) in [5.41, 5.74) is 2.78. The molecule has 0 aromatic heterocycles. The van der Waals surface area contributed by atoms with Crippen LogP contribution in [0.3, 0.4) is 0 Å². The Kier molecular flexibility index (Phi) is 4.53. The SMILES string of the molecule is CNc1cc(C)ccc1C(=O)NCC1CCCS1. The van der Waals surface area contributed by atoms with E-state index in [1.165, 1.54) is 18.6 Å². The number of nitrogens with one attached hydrogen (secondary N) is 2. The first kappa shape index (κ1) is 13.3. The molecule has 1 aromatic rings. The van der Waals surface area contributed by atoms with Crippen molar-refractivity contribution in [1.82, 2.24) is 5.32 Å². The molecule has 1 unspecified atom stereocenters. The standard InChI is InChI=1S/C14H20N2OS/c1-10-5-6-12(13(8-10)15-2)14(17)16-9-11-4-3-7-18-11/h5-6,8,11,15H,3-4,7,9H2,1-2H3,(H,16,17). The second-order valence-electron chi connectivity index (χ2n) is 4.64. The van der Waals surface area contributed by atoms with Gasteiger partial charge in [0.2, 0.25) is 0 Å². The molecule has 0 saturated carbocycles. The topological polar surface area (TPSA) is 41.1 Å². The van der Waals surface area contributed by atoms with E-state index in [0.717, 1.165) is 23.4 Å². The molecule has 1 aliphatic rings. The molecule has 2 N–H and O–H groups in total. The molecule has 0 spiro atoms. The Morgan fingerprint density at radius 1 is 1.50 bits per heavy atom. The van der Waals surface area contributed by atoms with Gasteiger partial charge in [0.05, 0.1) is 5.56 Å². The van der Waals surface area contributed by atoms with E-state index in [0.29, 0.717) is 5.25 Å². The van der Waals surface area contributed by atoms with E-state index in [1.807, 2.05) is 43.9 Å². The second-order valence-corrected chi connectivity index (χ2v) is 6.05. The van der Waals surface area contributed by atoms with Crippen LogP contribution in [-0.2, 0) is 0 Å². The summed E-state index contributed by atoms with van der Waals surface area (Å²) in [6, 6.07) is 5.86. The first-order valence-electron chi connectivity index (χ1n) is 6.39. The quantitative estimate of drug-likeness (QED) is 0.878. The zero-order valence-electron chi connectivity index (χ0n) is 11.0. The maximum absolute atomic E-state index is 12.1. The van der Waals surface area contributed by atoms with Gasteiger partial charge in [0.1, 0.15) is 0 Å². The molecule has 1 aliphatic heterocycles. The van der Waals surface area contributed by atoms with Crippen LogP contribution in [-0.4, -0.2) is 30.5 Å². The molecule has 3 nitrogen and oxygen atoms in total. The van der Waals surface area contributed by atoms with Crippen molar-refractivity contribution in [2.75, 3.05) is 24.7 Å². The van der Waals surface area contributed by atoms with Crippen LogP contribution in [0.1, 0.15) is 28.8 Å². The van der Waals surface area contributed by atoms with Gasteiger partial charge in [-0.25, -0.2) is 0 Å². The van der Waals surface area contributed by atoms with Crippen LogP contribution in [0.2, 0.25) is 0 Å². The minimum atomic E-state index is 0.0202. The Hall–Kier alpha value is -1.16. The summed E-state index contributed by atoms with van der Waals surface area (Å²) in [5, 5.41) is 6.71. The normalized spacial score (nSPS) is 18.7. The van der Waals surface area contributed by atoms with Crippen molar-refractivity contribution in [2.24, 2.45) is 0 Å². The lowest BCUT2D eigenvalue weighted by Crippen LogP contribution is -2.30. The molecule has 2 rings (SSSR count). The van der Waals surface area contributed by atoms with Crippen LogP contribution < -0.4 is 10.6 Å². The highest BCUT2D eigenvalue weighted by molar-refractivity contribution is 8.00. The van der Waals surface area contributed by atoms with E-state index >= 15 is 0 Å². The lowest BCUT2D eigenvalue weighted by molar-refractivity contribution is 0.0954. The number of thioether (sulfide) groups is 1. The molecule has 1 amide bonds. The molecule has 1 saturated heterocycles. The minimum absolute atomic E-state index is 0.0202. The molecular weight excluding hydrogens is 244 g/mol. The van der Waals surface area contributed by atoms with Crippen molar-refractivity contribution in [3.05, 3.63) is 29.3 Å². The highest BCUT2D eigenvalue weighted by Crippen LogP contribution is 2.25. The largest absolute Gasteiger partial charge is 0.387 e. The Bertz CT molecular complexity index is 428. The average Bonchev–Trinajstić information content (AvgIpc) is 2.88. The van der Waals surface area contributed by atoms with Gasteiger partial charge in [-0.3, -0.25) is 4.79 Å². The molecular formula is C14H20N2OS. The molecule has 1 aromatic carbocycles. The maximum Gasteiger partial charge on any atom is 0.253 e. The summed E-state index contributed by atoms with van der Waals surface area (Å²) in [5.74, 6) is 1.25.